The maximum Gasteiger partial charge on any atom is 0.0704 e. The number of hydrogen-bond donors (Lipinski definition) is 1. The third-order valence-electron chi connectivity index (χ3n) is 1.82. The van der Waals surface area contributed by atoms with Crippen LogP contribution in [0.4, 0.5) is 0 Å². The number of aliphatic hydroxyl groups is 1. The summed E-state index contributed by atoms with van der Waals surface area (Å²) in [5.41, 5.74) is 2.07. The van der Waals surface area contributed by atoms with E-state index in [9.17, 15) is 0 Å². The largest absolute Gasteiger partial charge is 0.394 e. The lowest BCUT2D eigenvalue weighted by Gasteiger charge is -2.01. The average Bonchev–Trinajstić information content (AvgIpc) is 2.48. The van der Waals surface area contributed by atoms with Crippen LogP contribution in [0.1, 0.15) is 25.2 Å². The lowest BCUT2D eigenvalue weighted by Crippen LogP contribution is -2.07. The van der Waals surface area contributed by atoms with Crippen molar-refractivity contribution in [2.24, 2.45) is 0 Å². The molecular weight excluding hydrogens is 152 g/mol. The molecule has 0 unspecified atom stereocenters. The zero-order valence-electron chi connectivity index (χ0n) is 7.67. The summed E-state index contributed by atoms with van der Waals surface area (Å²) in [6.07, 6.45) is 1.83. The highest BCUT2D eigenvalue weighted by Gasteiger charge is 2.04. The maximum atomic E-state index is 8.75. The molecule has 3 nitrogen and oxygen atoms in total. The molecule has 0 fully saturated rings. The van der Waals surface area contributed by atoms with Crippen molar-refractivity contribution in [1.82, 2.24) is 9.78 Å². The molecule has 67 valence electrons. The fourth-order valence-electron chi connectivity index (χ4n) is 1.17. The van der Waals surface area contributed by atoms with Crippen LogP contribution in [0.15, 0.2) is 0 Å². The second-order valence-electron chi connectivity index (χ2n) is 2.67. The Bertz CT molecular complexity index is 243. The molecule has 1 N–H and O–H groups in total. The smallest absolute Gasteiger partial charge is 0.0704 e. The Balaban J connectivity index is 2.84. The summed E-state index contributed by atoms with van der Waals surface area (Å²) in [6, 6.07) is 3.21. The minimum Gasteiger partial charge on any atom is -0.394 e. The molecule has 0 saturated heterocycles. The van der Waals surface area contributed by atoms with Crippen LogP contribution < -0.4 is 0 Å². The Labute approximate surface area is 73.0 Å². The number of nitrogens with zero attached hydrogens (tertiary/aromatic N) is 2. The van der Waals surface area contributed by atoms with Crippen molar-refractivity contribution in [2.75, 3.05) is 6.61 Å². The van der Waals surface area contributed by atoms with Crippen molar-refractivity contribution in [2.45, 2.75) is 33.2 Å². The van der Waals surface area contributed by atoms with E-state index >= 15 is 0 Å². The molecule has 1 aromatic heterocycles. The Morgan fingerprint density at radius 2 is 2.17 bits per heavy atom. The monoisotopic (exact) mass is 167 g/mol. The van der Waals surface area contributed by atoms with Crippen molar-refractivity contribution in [1.29, 1.82) is 0 Å². The van der Waals surface area contributed by atoms with E-state index in [4.69, 9.17) is 5.11 Å². The summed E-state index contributed by atoms with van der Waals surface area (Å²) in [7, 11) is 0. The summed E-state index contributed by atoms with van der Waals surface area (Å²) in [5.74, 6) is 0. The topological polar surface area (TPSA) is 38.0 Å². The van der Waals surface area contributed by atoms with E-state index in [2.05, 4.69) is 25.0 Å². The fraction of sp³-hybridized carbons (Fsp3) is 0.667. The Morgan fingerprint density at radius 1 is 1.42 bits per heavy atom. The molecule has 0 atom stereocenters. The van der Waals surface area contributed by atoms with Crippen LogP contribution in [-0.4, -0.2) is 21.5 Å². The normalized spacial score (nSPS) is 10.6. The molecule has 0 aliphatic carbocycles. The number of aliphatic hydroxyl groups excluding tert-OH is 1. The maximum absolute atomic E-state index is 8.75. The average molecular weight is 167 g/mol. The van der Waals surface area contributed by atoms with Gasteiger partial charge in [-0.15, -0.1) is 0 Å². The third-order valence-corrected chi connectivity index (χ3v) is 1.82. The SMILES string of the molecule is CCc1[c]c(CC)n(CCO)n1. The summed E-state index contributed by atoms with van der Waals surface area (Å²) in [5, 5.41) is 13.0. The molecule has 3 heteroatoms. The van der Waals surface area contributed by atoms with Crippen molar-refractivity contribution >= 4 is 0 Å². The van der Waals surface area contributed by atoms with E-state index in [1.54, 1.807) is 0 Å². The molecule has 0 bridgehead atoms. The van der Waals surface area contributed by atoms with Gasteiger partial charge in [0.25, 0.3) is 0 Å². The van der Waals surface area contributed by atoms with Crippen molar-refractivity contribution in [3.05, 3.63) is 17.5 Å². The second-order valence-corrected chi connectivity index (χ2v) is 2.67. The lowest BCUT2D eigenvalue weighted by molar-refractivity contribution is 0.267. The molecule has 1 aromatic rings. The van der Waals surface area contributed by atoms with E-state index in [1.165, 1.54) is 0 Å². The minimum atomic E-state index is 0.145. The van der Waals surface area contributed by atoms with Gasteiger partial charge >= 0.3 is 0 Å². The number of aromatic nitrogens is 2. The summed E-state index contributed by atoms with van der Waals surface area (Å²) < 4.78 is 1.83. The summed E-state index contributed by atoms with van der Waals surface area (Å²) >= 11 is 0. The van der Waals surface area contributed by atoms with E-state index in [0.29, 0.717) is 6.54 Å². The molecule has 0 aliphatic heterocycles. The van der Waals surface area contributed by atoms with Crippen molar-refractivity contribution in [3.8, 4) is 0 Å². The quantitative estimate of drug-likeness (QED) is 0.720. The van der Waals surface area contributed by atoms with Crippen LogP contribution in [0.25, 0.3) is 0 Å². The highest BCUT2D eigenvalue weighted by Crippen LogP contribution is 2.04. The first kappa shape index (κ1) is 9.26. The first-order valence-electron chi connectivity index (χ1n) is 4.40. The molecule has 0 spiro atoms. The minimum absolute atomic E-state index is 0.145. The Morgan fingerprint density at radius 3 is 2.67 bits per heavy atom. The zero-order valence-corrected chi connectivity index (χ0v) is 7.67. The Hall–Kier alpha value is -0.830. The molecule has 1 radical (unpaired) electrons. The van der Waals surface area contributed by atoms with Crippen LogP contribution in [0.2, 0.25) is 0 Å². The molecule has 1 rings (SSSR count). The number of hydrogen-bond acceptors (Lipinski definition) is 2. The van der Waals surface area contributed by atoms with Crippen molar-refractivity contribution < 1.29 is 5.11 Å². The van der Waals surface area contributed by atoms with Crippen molar-refractivity contribution in [3.63, 3.8) is 0 Å². The molecule has 0 amide bonds. The third kappa shape index (κ3) is 1.85. The first-order valence-corrected chi connectivity index (χ1v) is 4.40. The van der Waals surface area contributed by atoms with Gasteiger partial charge in [-0.3, -0.25) is 4.68 Å². The first-order chi connectivity index (χ1) is 5.81. The fourth-order valence-corrected chi connectivity index (χ4v) is 1.17. The second kappa shape index (κ2) is 4.26. The van der Waals surface area contributed by atoms with Gasteiger partial charge in [0.2, 0.25) is 0 Å². The van der Waals surface area contributed by atoms with Gasteiger partial charge in [-0.05, 0) is 12.8 Å². The van der Waals surface area contributed by atoms with Crippen LogP contribution in [0, 0.1) is 6.07 Å². The van der Waals surface area contributed by atoms with Gasteiger partial charge in [-0.1, -0.05) is 13.8 Å². The number of aryl methyl sites for hydroxylation is 2. The summed E-state index contributed by atoms with van der Waals surface area (Å²) in [6.45, 7) is 4.85. The van der Waals surface area contributed by atoms with Gasteiger partial charge in [0.15, 0.2) is 0 Å². The predicted octanol–water partition coefficient (Wildman–Crippen LogP) is 0.800. The molecule has 0 saturated carbocycles. The lowest BCUT2D eigenvalue weighted by atomic mass is 10.3. The van der Waals surface area contributed by atoms with Gasteiger partial charge in [-0.25, -0.2) is 0 Å². The highest BCUT2D eigenvalue weighted by molar-refractivity contribution is 5.07. The van der Waals surface area contributed by atoms with Crippen LogP contribution >= 0.6 is 0 Å². The van der Waals surface area contributed by atoms with E-state index in [-0.39, 0.29) is 6.61 Å². The van der Waals surface area contributed by atoms with E-state index in [1.807, 2.05) is 4.68 Å². The molecule has 0 aromatic carbocycles. The van der Waals surface area contributed by atoms with Gasteiger partial charge < -0.3 is 5.11 Å². The van der Waals surface area contributed by atoms with E-state index in [0.717, 1.165) is 24.2 Å². The molecule has 0 aliphatic rings. The van der Waals surface area contributed by atoms with Crippen LogP contribution in [-0.2, 0) is 19.4 Å². The highest BCUT2D eigenvalue weighted by atomic mass is 16.3. The predicted molar refractivity (Wildman–Crippen MR) is 46.9 cm³/mol. The molecule has 12 heavy (non-hydrogen) atoms. The Kier molecular flexibility index (Phi) is 3.29. The van der Waals surface area contributed by atoms with Crippen LogP contribution in [0.5, 0.6) is 0 Å². The number of rotatable bonds is 4. The zero-order chi connectivity index (χ0) is 8.97. The standard InChI is InChI=1S/C9H15N2O/c1-3-8-7-9(4-2)11(10-8)5-6-12/h12H,3-6H2,1-2H3. The van der Waals surface area contributed by atoms with Gasteiger partial charge in [-0.2, -0.15) is 5.10 Å². The van der Waals surface area contributed by atoms with Gasteiger partial charge in [0.1, 0.15) is 0 Å². The van der Waals surface area contributed by atoms with Gasteiger partial charge in [0, 0.05) is 11.8 Å². The summed E-state index contributed by atoms with van der Waals surface area (Å²) in [4.78, 5) is 0. The van der Waals surface area contributed by atoms with Crippen LogP contribution in [0.3, 0.4) is 0 Å². The molecule has 1 heterocycles. The van der Waals surface area contributed by atoms with Gasteiger partial charge in [0.05, 0.1) is 18.8 Å². The van der Waals surface area contributed by atoms with E-state index < -0.39 is 0 Å². The molecular formula is C9H15N2O.